The van der Waals surface area contributed by atoms with E-state index < -0.39 is 0 Å². The van der Waals surface area contributed by atoms with Crippen molar-refractivity contribution in [3.8, 4) is 22.1 Å². The van der Waals surface area contributed by atoms with Crippen molar-refractivity contribution in [2.24, 2.45) is 0 Å². The van der Waals surface area contributed by atoms with E-state index >= 15 is 0 Å². The number of hydrogen-bond donors (Lipinski definition) is 0. The van der Waals surface area contributed by atoms with Gasteiger partial charge in [0.2, 0.25) is 0 Å². The third kappa shape index (κ3) is 3.04. The highest BCUT2D eigenvalue weighted by molar-refractivity contribution is 7.21. The minimum atomic E-state index is 0.692. The highest BCUT2D eigenvalue weighted by Crippen LogP contribution is 2.31. The molecule has 0 aliphatic rings. The van der Waals surface area contributed by atoms with Crippen LogP contribution in [0.4, 0.5) is 0 Å². The second-order valence-electron chi connectivity index (χ2n) is 4.93. The van der Waals surface area contributed by atoms with E-state index in [-0.39, 0.29) is 0 Å². The zero-order valence-corrected chi connectivity index (χ0v) is 13.5. The molecule has 4 aromatic rings. The lowest BCUT2D eigenvalue weighted by Crippen LogP contribution is -1.84. The van der Waals surface area contributed by atoms with Crippen LogP contribution < -0.4 is 4.74 Å². The molecule has 0 N–H and O–H groups in total. The molecular formula is C18H11ClN2OS. The highest BCUT2D eigenvalue weighted by atomic mass is 35.5. The molecule has 0 aliphatic heterocycles. The number of rotatable bonds is 3. The van der Waals surface area contributed by atoms with Gasteiger partial charge in [0.05, 0.1) is 0 Å². The van der Waals surface area contributed by atoms with Gasteiger partial charge in [-0.2, -0.15) is 0 Å². The summed E-state index contributed by atoms with van der Waals surface area (Å²) in [5.74, 6) is 1.53. The van der Waals surface area contributed by atoms with Crippen LogP contribution in [-0.2, 0) is 0 Å². The standard InChI is InChI=1S/C18H11ClN2OS/c19-13-5-9-15(10-6-13)22-14-7-3-12(4-8-14)17-21-16-2-1-11-20-18(16)23-17/h1-11H. The second-order valence-corrected chi connectivity index (χ2v) is 6.34. The number of nitrogens with zero attached hydrogens (tertiary/aromatic N) is 2. The van der Waals surface area contributed by atoms with Gasteiger partial charge in [-0.1, -0.05) is 22.9 Å². The van der Waals surface area contributed by atoms with Gasteiger partial charge in [0, 0.05) is 16.8 Å². The fraction of sp³-hybridized carbons (Fsp3) is 0. The number of hydrogen-bond acceptors (Lipinski definition) is 4. The summed E-state index contributed by atoms with van der Waals surface area (Å²) in [4.78, 5) is 9.88. The summed E-state index contributed by atoms with van der Waals surface area (Å²) in [6, 6.07) is 19.0. The van der Waals surface area contributed by atoms with Gasteiger partial charge >= 0.3 is 0 Å². The van der Waals surface area contributed by atoms with Gasteiger partial charge in [-0.3, -0.25) is 0 Å². The minimum Gasteiger partial charge on any atom is -0.457 e. The third-order valence-corrected chi connectivity index (χ3v) is 4.60. The minimum absolute atomic E-state index is 0.692. The molecule has 0 unspecified atom stereocenters. The van der Waals surface area contributed by atoms with Gasteiger partial charge in [0.15, 0.2) is 0 Å². The summed E-state index contributed by atoms with van der Waals surface area (Å²) in [5, 5.41) is 1.65. The molecule has 0 saturated heterocycles. The fourth-order valence-corrected chi connectivity index (χ4v) is 3.24. The summed E-state index contributed by atoms with van der Waals surface area (Å²) in [6.45, 7) is 0. The van der Waals surface area contributed by atoms with Crippen LogP contribution in [0.2, 0.25) is 5.02 Å². The molecule has 0 aliphatic carbocycles. The van der Waals surface area contributed by atoms with E-state index in [1.165, 1.54) is 0 Å². The summed E-state index contributed by atoms with van der Waals surface area (Å²) >= 11 is 7.45. The molecule has 0 saturated carbocycles. The molecule has 0 spiro atoms. The molecule has 4 rings (SSSR count). The SMILES string of the molecule is Clc1ccc(Oc2ccc(-c3nc4cccnc4s3)cc2)cc1. The van der Waals surface area contributed by atoms with Crippen molar-refractivity contribution >= 4 is 33.3 Å². The van der Waals surface area contributed by atoms with Crippen molar-refractivity contribution in [3.63, 3.8) is 0 Å². The van der Waals surface area contributed by atoms with Crippen LogP contribution in [-0.4, -0.2) is 9.97 Å². The lowest BCUT2D eigenvalue weighted by Gasteiger charge is -2.06. The molecule has 2 heterocycles. The van der Waals surface area contributed by atoms with Gasteiger partial charge in [0.25, 0.3) is 0 Å². The Labute approximate surface area is 142 Å². The van der Waals surface area contributed by atoms with Crippen molar-refractivity contribution in [1.29, 1.82) is 0 Å². The van der Waals surface area contributed by atoms with Gasteiger partial charge in [-0.25, -0.2) is 9.97 Å². The van der Waals surface area contributed by atoms with Crippen molar-refractivity contribution in [2.75, 3.05) is 0 Å². The first-order valence-electron chi connectivity index (χ1n) is 7.03. The number of ether oxygens (including phenoxy) is 1. The van der Waals surface area contributed by atoms with Crippen LogP contribution in [0.25, 0.3) is 20.9 Å². The maximum Gasteiger partial charge on any atom is 0.143 e. The predicted octanol–water partition coefficient (Wildman–Crippen LogP) is 5.80. The van der Waals surface area contributed by atoms with Crippen LogP contribution in [0.5, 0.6) is 11.5 Å². The molecule has 0 bridgehead atoms. The van der Waals surface area contributed by atoms with Gasteiger partial charge in [-0.05, 0) is 60.7 Å². The lowest BCUT2D eigenvalue weighted by molar-refractivity contribution is 0.483. The largest absolute Gasteiger partial charge is 0.457 e. The molecule has 5 heteroatoms. The molecule has 2 aromatic heterocycles. The van der Waals surface area contributed by atoms with E-state index in [0.29, 0.717) is 5.02 Å². The van der Waals surface area contributed by atoms with E-state index in [0.717, 1.165) is 32.4 Å². The molecule has 0 fully saturated rings. The van der Waals surface area contributed by atoms with E-state index in [1.54, 1.807) is 29.7 Å². The van der Waals surface area contributed by atoms with Crippen molar-refractivity contribution in [3.05, 3.63) is 71.9 Å². The summed E-state index contributed by atoms with van der Waals surface area (Å²) in [7, 11) is 0. The molecule has 3 nitrogen and oxygen atoms in total. The molecule has 0 radical (unpaired) electrons. The average Bonchev–Trinajstić information content (AvgIpc) is 3.02. The van der Waals surface area contributed by atoms with E-state index in [2.05, 4.69) is 9.97 Å². The summed E-state index contributed by atoms with van der Waals surface area (Å²) in [5.41, 5.74) is 1.98. The number of pyridine rings is 1. The number of thiazole rings is 1. The second kappa shape index (κ2) is 5.99. The Morgan fingerprint density at radius 2 is 1.57 bits per heavy atom. The van der Waals surface area contributed by atoms with Crippen molar-refractivity contribution in [1.82, 2.24) is 9.97 Å². The first-order chi connectivity index (χ1) is 11.3. The number of aromatic nitrogens is 2. The monoisotopic (exact) mass is 338 g/mol. The van der Waals surface area contributed by atoms with Crippen LogP contribution in [0.1, 0.15) is 0 Å². The average molecular weight is 339 g/mol. The molecule has 112 valence electrons. The van der Waals surface area contributed by atoms with Crippen molar-refractivity contribution < 1.29 is 4.74 Å². The Balaban J connectivity index is 1.58. The number of fused-ring (bicyclic) bond motifs is 1. The van der Waals surface area contributed by atoms with E-state index in [1.807, 2.05) is 48.5 Å². The number of halogens is 1. The van der Waals surface area contributed by atoms with Crippen LogP contribution >= 0.6 is 22.9 Å². The number of benzene rings is 2. The smallest absolute Gasteiger partial charge is 0.143 e. The zero-order valence-electron chi connectivity index (χ0n) is 11.9. The van der Waals surface area contributed by atoms with E-state index in [9.17, 15) is 0 Å². The van der Waals surface area contributed by atoms with E-state index in [4.69, 9.17) is 16.3 Å². The first kappa shape index (κ1) is 14.2. The van der Waals surface area contributed by atoms with Crippen molar-refractivity contribution in [2.45, 2.75) is 0 Å². The quantitative estimate of drug-likeness (QED) is 0.473. The third-order valence-electron chi connectivity index (χ3n) is 3.32. The van der Waals surface area contributed by atoms with Crippen LogP contribution in [0.15, 0.2) is 66.9 Å². The Kier molecular flexibility index (Phi) is 3.69. The molecule has 23 heavy (non-hydrogen) atoms. The van der Waals surface area contributed by atoms with Crippen LogP contribution in [0.3, 0.4) is 0 Å². The Hall–Kier alpha value is -2.43. The molecule has 0 atom stereocenters. The summed E-state index contributed by atoms with van der Waals surface area (Å²) in [6.07, 6.45) is 1.79. The Morgan fingerprint density at radius 3 is 2.26 bits per heavy atom. The Bertz CT molecular complexity index is 916. The highest BCUT2D eigenvalue weighted by Gasteiger charge is 2.07. The van der Waals surface area contributed by atoms with Crippen LogP contribution in [0, 0.1) is 0 Å². The molecule has 2 aromatic carbocycles. The van der Waals surface area contributed by atoms with Gasteiger partial charge in [0.1, 0.15) is 26.9 Å². The maximum absolute atomic E-state index is 5.87. The summed E-state index contributed by atoms with van der Waals surface area (Å²) < 4.78 is 5.80. The lowest BCUT2D eigenvalue weighted by atomic mass is 10.2. The van der Waals surface area contributed by atoms with Gasteiger partial charge in [-0.15, -0.1) is 0 Å². The topological polar surface area (TPSA) is 35.0 Å². The normalized spacial score (nSPS) is 10.8. The Morgan fingerprint density at radius 1 is 0.870 bits per heavy atom. The first-order valence-corrected chi connectivity index (χ1v) is 8.23. The predicted molar refractivity (Wildman–Crippen MR) is 94.4 cm³/mol. The zero-order chi connectivity index (χ0) is 15.6. The van der Waals surface area contributed by atoms with Gasteiger partial charge < -0.3 is 4.74 Å². The fourth-order valence-electron chi connectivity index (χ4n) is 2.20. The maximum atomic E-state index is 5.87. The molecule has 0 amide bonds. The molecular weight excluding hydrogens is 328 g/mol.